The number of hydrogen-bond acceptors (Lipinski definition) is 5. The average Bonchev–Trinajstić information content (AvgIpc) is 2.69. The summed E-state index contributed by atoms with van der Waals surface area (Å²) in [4.78, 5) is 6.51. The topological polar surface area (TPSA) is 62.7 Å². The molecule has 1 aromatic heterocycles. The lowest BCUT2D eigenvalue weighted by Gasteiger charge is -2.29. The second kappa shape index (κ2) is 7.39. The first-order valence-corrected chi connectivity index (χ1v) is 9.22. The van der Waals surface area contributed by atoms with Crippen LogP contribution in [-0.2, 0) is 10.0 Å². The van der Waals surface area contributed by atoms with E-state index in [1.165, 1.54) is 6.20 Å². The van der Waals surface area contributed by atoms with Gasteiger partial charge < -0.3 is 9.64 Å². The van der Waals surface area contributed by atoms with Gasteiger partial charge in [0.1, 0.15) is 4.90 Å². The summed E-state index contributed by atoms with van der Waals surface area (Å²) >= 11 is 0. The van der Waals surface area contributed by atoms with Crippen LogP contribution in [0.5, 0.6) is 5.88 Å². The van der Waals surface area contributed by atoms with E-state index in [1.807, 2.05) is 20.9 Å². The molecule has 0 saturated carbocycles. The minimum absolute atomic E-state index is 0.00377. The summed E-state index contributed by atoms with van der Waals surface area (Å²) in [5.41, 5.74) is 0. The number of likely N-dealkylation sites (N-methyl/N-ethyl adjacent to an activating group) is 1. The number of rotatable bonds is 5. The van der Waals surface area contributed by atoms with Crippen molar-refractivity contribution in [3.05, 3.63) is 18.3 Å². The monoisotopic (exact) mass is 327 g/mol. The van der Waals surface area contributed by atoms with Gasteiger partial charge in [0.25, 0.3) is 0 Å². The molecule has 2 rings (SSSR count). The van der Waals surface area contributed by atoms with E-state index >= 15 is 0 Å². The van der Waals surface area contributed by atoms with E-state index in [0.717, 1.165) is 25.9 Å². The molecule has 0 spiro atoms. The Bertz CT molecular complexity index is 574. The first-order valence-electron chi connectivity index (χ1n) is 7.78. The fourth-order valence-electron chi connectivity index (χ4n) is 2.76. The summed E-state index contributed by atoms with van der Waals surface area (Å²) in [5.74, 6) is 0.448. The molecular formula is C15H25N3O3S. The predicted molar refractivity (Wildman–Crippen MR) is 85.5 cm³/mol. The van der Waals surface area contributed by atoms with Crippen LogP contribution in [0.1, 0.15) is 26.7 Å². The van der Waals surface area contributed by atoms with Gasteiger partial charge in [-0.25, -0.2) is 13.4 Å². The minimum Gasteiger partial charge on any atom is -0.478 e. The zero-order valence-electron chi connectivity index (χ0n) is 13.5. The molecule has 22 heavy (non-hydrogen) atoms. The molecule has 6 nitrogen and oxygen atoms in total. The third kappa shape index (κ3) is 3.77. The predicted octanol–water partition coefficient (Wildman–Crippen LogP) is 1.59. The first kappa shape index (κ1) is 17.2. The Morgan fingerprint density at radius 2 is 2.09 bits per heavy atom. The highest BCUT2D eigenvalue weighted by molar-refractivity contribution is 7.89. The maximum Gasteiger partial charge on any atom is 0.244 e. The summed E-state index contributed by atoms with van der Waals surface area (Å²) in [7, 11) is -1.47. The van der Waals surface area contributed by atoms with Crippen LogP contribution in [0.25, 0.3) is 0 Å². The molecule has 1 fully saturated rings. The van der Waals surface area contributed by atoms with E-state index < -0.39 is 10.0 Å². The van der Waals surface area contributed by atoms with Crippen LogP contribution < -0.4 is 4.74 Å². The molecule has 2 heterocycles. The SMILES string of the molecule is CCOc1ccc(S(=O)(=O)N2CCCN(C)C[C@H]2CC)cn1. The van der Waals surface area contributed by atoms with E-state index in [0.29, 0.717) is 19.0 Å². The molecule has 1 aliphatic rings. The lowest BCUT2D eigenvalue weighted by Crippen LogP contribution is -2.43. The number of aromatic nitrogens is 1. The van der Waals surface area contributed by atoms with Crippen molar-refractivity contribution in [2.45, 2.75) is 37.6 Å². The molecule has 124 valence electrons. The fraction of sp³-hybridized carbons (Fsp3) is 0.667. The second-order valence-electron chi connectivity index (χ2n) is 5.56. The smallest absolute Gasteiger partial charge is 0.244 e. The van der Waals surface area contributed by atoms with Gasteiger partial charge in [0, 0.05) is 25.2 Å². The third-order valence-electron chi connectivity index (χ3n) is 3.93. The van der Waals surface area contributed by atoms with Crippen molar-refractivity contribution in [1.82, 2.24) is 14.2 Å². The molecular weight excluding hydrogens is 302 g/mol. The highest BCUT2D eigenvalue weighted by atomic mass is 32.2. The van der Waals surface area contributed by atoms with Crippen LogP contribution in [0.15, 0.2) is 23.2 Å². The Balaban J connectivity index is 2.27. The molecule has 0 bridgehead atoms. The number of ether oxygens (including phenoxy) is 1. The van der Waals surface area contributed by atoms with Crippen molar-refractivity contribution in [1.29, 1.82) is 0 Å². The molecule has 1 aliphatic heterocycles. The molecule has 0 aromatic carbocycles. The van der Waals surface area contributed by atoms with Gasteiger partial charge >= 0.3 is 0 Å². The van der Waals surface area contributed by atoms with Gasteiger partial charge in [-0.15, -0.1) is 0 Å². The van der Waals surface area contributed by atoms with Crippen molar-refractivity contribution >= 4 is 10.0 Å². The van der Waals surface area contributed by atoms with Crippen LogP contribution in [0, 0.1) is 0 Å². The Labute approximate surface area is 133 Å². The number of sulfonamides is 1. The molecule has 1 saturated heterocycles. The fourth-order valence-corrected chi connectivity index (χ4v) is 4.43. The Morgan fingerprint density at radius 3 is 2.68 bits per heavy atom. The zero-order valence-corrected chi connectivity index (χ0v) is 14.3. The number of pyridine rings is 1. The molecule has 7 heteroatoms. The van der Waals surface area contributed by atoms with Gasteiger partial charge in [-0.05, 0) is 39.4 Å². The third-order valence-corrected chi connectivity index (χ3v) is 5.86. The Kier molecular flexibility index (Phi) is 5.77. The first-order chi connectivity index (χ1) is 10.5. The summed E-state index contributed by atoms with van der Waals surface area (Å²) in [5, 5.41) is 0. The molecule has 0 amide bonds. The van der Waals surface area contributed by atoms with E-state index in [9.17, 15) is 8.42 Å². The Hall–Kier alpha value is -1.18. The van der Waals surface area contributed by atoms with Crippen molar-refractivity contribution in [3.8, 4) is 5.88 Å². The lowest BCUT2D eigenvalue weighted by molar-refractivity contribution is 0.270. The van der Waals surface area contributed by atoms with E-state index in [4.69, 9.17) is 4.74 Å². The van der Waals surface area contributed by atoms with Crippen LogP contribution in [0.3, 0.4) is 0 Å². The van der Waals surface area contributed by atoms with Crippen LogP contribution >= 0.6 is 0 Å². The number of hydrogen-bond donors (Lipinski definition) is 0. The summed E-state index contributed by atoms with van der Waals surface area (Å²) in [6, 6.07) is 3.19. The maximum absolute atomic E-state index is 12.9. The average molecular weight is 327 g/mol. The molecule has 0 aliphatic carbocycles. The quantitative estimate of drug-likeness (QED) is 0.822. The van der Waals surface area contributed by atoms with Crippen LogP contribution in [-0.4, -0.2) is 61.9 Å². The Morgan fingerprint density at radius 1 is 1.32 bits per heavy atom. The van der Waals surface area contributed by atoms with Crippen molar-refractivity contribution in [2.24, 2.45) is 0 Å². The van der Waals surface area contributed by atoms with Gasteiger partial charge in [-0.3, -0.25) is 0 Å². The normalized spacial score (nSPS) is 21.5. The van der Waals surface area contributed by atoms with E-state index in [1.54, 1.807) is 16.4 Å². The summed E-state index contributed by atoms with van der Waals surface area (Å²) < 4.78 is 32.7. The van der Waals surface area contributed by atoms with Crippen LogP contribution in [0.2, 0.25) is 0 Å². The molecule has 1 aromatic rings. The lowest BCUT2D eigenvalue weighted by atomic mass is 10.2. The van der Waals surface area contributed by atoms with E-state index in [-0.39, 0.29) is 10.9 Å². The second-order valence-corrected chi connectivity index (χ2v) is 7.45. The molecule has 0 radical (unpaired) electrons. The van der Waals surface area contributed by atoms with Crippen molar-refractivity contribution in [3.63, 3.8) is 0 Å². The highest BCUT2D eigenvalue weighted by Gasteiger charge is 2.32. The van der Waals surface area contributed by atoms with E-state index in [2.05, 4.69) is 9.88 Å². The van der Waals surface area contributed by atoms with Gasteiger partial charge in [0.2, 0.25) is 15.9 Å². The standard InChI is InChI=1S/C15H25N3O3S/c1-4-13-12-17(3)9-6-10-18(13)22(19,20)14-7-8-15(16-11-14)21-5-2/h7-8,11,13H,4-6,9-10,12H2,1-3H3/t13-/m1/s1. The van der Waals surface area contributed by atoms with Crippen LogP contribution in [0.4, 0.5) is 0 Å². The zero-order chi connectivity index (χ0) is 16.2. The van der Waals surface area contributed by atoms with Gasteiger partial charge in [0.15, 0.2) is 0 Å². The molecule has 1 atom stereocenters. The van der Waals surface area contributed by atoms with Gasteiger partial charge in [-0.2, -0.15) is 4.31 Å². The van der Waals surface area contributed by atoms with Gasteiger partial charge in [0.05, 0.1) is 12.8 Å². The van der Waals surface area contributed by atoms with Gasteiger partial charge in [-0.1, -0.05) is 6.92 Å². The number of nitrogens with zero attached hydrogens (tertiary/aromatic N) is 3. The summed E-state index contributed by atoms with van der Waals surface area (Å²) in [6.07, 6.45) is 3.03. The van der Waals surface area contributed by atoms with Crippen molar-refractivity contribution < 1.29 is 13.2 Å². The van der Waals surface area contributed by atoms with Crippen molar-refractivity contribution in [2.75, 3.05) is 33.3 Å². The summed E-state index contributed by atoms with van der Waals surface area (Å²) in [6.45, 7) is 6.65. The molecule has 0 N–H and O–H groups in total. The minimum atomic E-state index is -3.51. The largest absolute Gasteiger partial charge is 0.478 e. The molecule has 0 unspecified atom stereocenters. The maximum atomic E-state index is 12.9. The highest BCUT2D eigenvalue weighted by Crippen LogP contribution is 2.23.